The molecule has 1 aliphatic carbocycles. The lowest BCUT2D eigenvalue weighted by Crippen LogP contribution is -2.53. The highest BCUT2D eigenvalue weighted by Gasteiger charge is 2.34. The molecule has 18 heavy (non-hydrogen) atoms. The van der Waals surface area contributed by atoms with Crippen LogP contribution in [0.4, 0.5) is 11.6 Å². The topological polar surface area (TPSA) is 76.3 Å². The molecule has 1 aromatic rings. The van der Waals surface area contributed by atoms with Gasteiger partial charge >= 0.3 is 0 Å². The normalized spacial score (nSPS) is 27.7. The number of rotatable bonds is 2. The minimum atomic E-state index is 0.358. The Hall–Kier alpha value is -1.40. The molecule has 2 fully saturated rings. The van der Waals surface area contributed by atoms with Crippen LogP contribution in [0.2, 0.25) is 0 Å². The summed E-state index contributed by atoms with van der Waals surface area (Å²) in [6.45, 7) is 1.67. The quantitative estimate of drug-likeness (QED) is 0.599. The number of aromatic nitrogens is 2. The van der Waals surface area contributed by atoms with Crippen molar-refractivity contribution in [2.24, 2.45) is 5.84 Å². The van der Waals surface area contributed by atoms with Crippen LogP contribution in [0.5, 0.6) is 0 Å². The van der Waals surface area contributed by atoms with Gasteiger partial charge in [-0.1, -0.05) is 12.8 Å². The molecule has 0 amide bonds. The third-order valence-electron chi connectivity index (χ3n) is 3.83. The van der Waals surface area contributed by atoms with Crippen LogP contribution < -0.4 is 16.2 Å². The highest BCUT2D eigenvalue weighted by atomic mass is 16.5. The Kier molecular flexibility index (Phi) is 3.29. The summed E-state index contributed by atoms with van der Waals surface area (Å²) in [5, 5.41) is 0. The molecule has 1 aliphatic heterocycles. The Morgan fingerprint density at radius 2 is 2.22 bits per heavy atom. The number of nitrogens with one attached hydrogen (secondary N) is 1. The third kappa shape index (κ3) is 2.13. The van der Waals surface area contributed by atoms with E-state index in [1.54, 1.807) is 6.33 Å². The van der Waals surface area contributed by atoms with Crippen molar-refractivity contribution in [1.29, 1.82) is 0 Å². The van der Waals surface area contributed by atoms with Gasteiger partial charge in [0, 0.05) is 12.6 Å². The molecule has 1 saturated carbocycles. The van der Waals surface area contributed by atoms with Crippen molar-refractivity contribution in [3.63, 3.8) is 0 Å². The number of hydrazine groups is 1. The molecule has 0 radical (unpaired) electrons. The van der Waals surface area contributed by atoms with E-state index in [0.717, 1.165) is 25.4 Å². The zero-order valence-electron chi connectivity index (χ0n) is 10.4. The summed E-state index contributed by atoms with van der Waals surface area (Å²) in [5.41, 5.74) is 2.57. The number of morpholine rings is 1. The Bertz CT molecular complexity index is 411. The van der Waals surface area contributed by atoms with Gasteiger partial charge in [0.05, 0.1) is 18.8 Å². The second kappa shape index (κ2) is 5.07. The molecule has 0 bridgehead atoms. The lowest BCUT2D eigenvalue weighted by atomic mass is 9.90. The molecule has 2 heterocycles. The minimum Gasteiger partial charge on any atom is -0.374 e. The number of nitrogen functional groups attached to an aromatic ring is 1. The predicted octanol–water partition coefficient (Wildman–Crippen LogP) is 0.910. The molecule has 6 nitrogen and oxygen atoms in total. The number of ether oxygens (including phenoxy) is 1. The highest BCUT2D eigenvalue weighted by Crippen LogP contribution is 2.31. The van der Waals surface area contributed by atoms with Crippen molar-refractivity contribution < 1.29 is 4.74 Å². The van der Waals surface area contributed by atoms with Gasteiger partial charge in [0.15, 0.2) is 0 Å². The molecule has 3 N–H and O–H groups in total. The fourth-order valence-corrected chi connectivity index (χ4v) is 2.96. The van der Waals surface area contributed by atoms with Crippen molar-refractivity contribution >= 4 is 11.6 Å². The second-order valence-corrected chi connectivity index (χ2v) is 4.86. The van der Waals surface area contributed by atoms with E-state index in [1.807, 2.05) is 6.07 Å². The lowest BCUT2D eigenvalue weighted by Gasteiger charge is -2.44. The van der Waals surface area contributed by atoms with E-state index in [0.29, 0.717) is 18.0 Å². The van der Waals surface area contributed by atoms with Crippen molar-refractivity contribution in [3.8, 4) is 0 Å². The molecule has 98 valence electrons. The molecule has 0 spiro atoms. The summed E-state index contributed by atoms with van der Waals surface area (Å²) >= 11 is 0. The number of anilines is 2. The zero-order valence-corrected chi connectivity index (χ0v) is 10.4. The van der Waals surface area contributed by atoms with Gasteiger partial charge in [-0.05, 0) is 12.8 Å². The maximum absolute atomic E-state index is 5.86. The van der Waals surface area contributed by atoms with Gasteiger partial charge in [0.25, 0.3) is 0 Å². The molecule has 6 heteroatoms. The van der Waals surface area contributed by atoms with Gasteiger partial charge in [-0.25, -0.2) is 15.8 Å². The molecule has 1 aromatic heterocycles. The van der Waals surface area contributed by atoms with E-state index < -0.39 is 0 Å². The van der Waals surface area contributed by atoms with Gasteiger partial charge < -0.3 is 15.1 Å². The lowest BCUT2D eigenvalue weighted by molar-refractivity contribution is -0.00899. The van der Waals surface area contributed by atoms with Crippen molar-refractivity contribution in [2.75, 3.05) is 23.5 Å². The molecular weight excluding hydrogens is 230 g/mol. The first-order valence-corrected chi connectivity index (χ1v) is 6.55. The summed E-state index contributed by atoms with van der Waals surface area (Å²) in [6.07, 6.45) is 6.80. The summed E-state index contributed by atoms with van der Waals surface area (Å²) < 4.78 is 5.86. The van der Waals surface area contributed by atoms with Gasteiger partial charge in [-0.15, -0.1) is 0 Å². The zero-order chi connectivity index (χ0) is 12.4. The molecule has 2 atom stereocenters. The monoisotopic (exact) mass is 249 g/mol. The maximum Gasteiger partial charge on any atom is 0.145 e. The average Bonchev–Trinajstić information content (AvgIpc) is 2.47. The Labute approximate surface area is 107 Å². The van der Waals surface area contributed by atoms with Gasteiger partial charge in [0.1, 0.15) is 18.0 Å². The number of nitrogens with zero attached hydrogens (tertiary/aromatic N) is 3. The SMILES string of the molecule is NNc1cc(N2CCOC3CCCCC32)ncn1. The van der Waals surface area contributed by atoms with E-state index in [1.165, 1.54) is 19.3 Å². The largest absolute Gasteiger partial charge is 0.374 e. The molecule has 2 aliphatic rings. The summed E-state index contributed by atoms with van der Waals surface area (Å²) in [7, 11) is 0. The van der Waals surface area contributed by atoms with Crippen LogP contribution in [0.3, 0.4) is 0 Å². The number of nitrogens with two attached hydrogens (primary N) is 1. The van der Waals surface area contributed by atoms with E-state index in [9.17, 15) is 0 Å². The minimum absolute atomic E-state index is 0.358. The van der Waals surface area contributed by atoms with E-state index in [4.69, 9.17) is 10.6 Å². The standard InChI is InChI=1S/C12H19N5O/c13-16-11-7-12(15-8-14-11)17-5-6-18-10-4-2-1-3-9(10)17/h7-10H,1-6,13H2,(H,14,15,16). The van der Waals surface area contributed by atoms with Crippen molar-refractivity contribution in [2.45, 2.75) is 37.8 Å². The molecule has 3 rings (SSSR count). The maximum atomic E-state index is 5.86. The van der Waals surface area contributed by atoms with Gasteiger partial charge in [-0.3, -0.25) is 0 Å². The molecule has 2 unspecified atom stereocenters. The van der Waals surface area contributed by atoms with Crippen LogP contribution in [0.15, 0.2) is 12.4 Å². The van der Waals surface area contributed by atoms with Gasteiger partial charge in [-0.2, -0.15) is 0 Å². The van der Waals surface area contributed by atoms with Crippen LogP contribution in [0.25, 0.3) is 0 Å². The Morgan fingerprint density at radius 3 is 3.11 bits per heavy atom. The summed E-state index contributed by atoms with van der Waals surface area (Å²) in [4.78, 5) is 10.8. The van der Waals surface area contributed by atoms with Crippen LogP contribution in [-0.2, 0) is 4.74 Å². The Balaban J connectivity index is 1.84. The van der Waals surface area contributed by atoms with Crippen LogP contribution in [-0.4, -0.2) is 35.3 Å². The van der Waals surface area contributed by atoms with Crippen molar-refractivity contribution in [1.82, 2.24) is 9.97 Å². The Morgan fingerprint density at radius 1 is 1.33 bits per heavy atom. The number of hydrogen-bond acceptors (Lipinski definition) is 6. The van der Waals surface area contributed by atoms with E-state index in [2.05, 4.69) is 20.3 Å². The highest BCUT2D eigenvalue weighted by molar-refractivity contribution is 5.49. The predicted molar refractivity (Wildman–Crippen MR) is 69.2 cm³/mol. The summed E-state index contributed by atoms with van der Waals surface area (Å²) in [6, 6.07) is 2.35. The first-order chi connectivity index (χ1) is 8.88. The van der Waals surface area contributed by atoms with Crippen LogP contribution in [0, 0.1) is 0 Å². The molecule has 0 aromatic carbocycles. The van der Waals surface area contributed by atoms with E-state index in [-0.39, 0.29) is 0 Å². The average molecular weight is 249 g/mol. The summed E-state index contributed by atoms with van der Waals surface area (Å²) in [5.74, 6) is 6.99. The third-order valence-corrected chi connectivity index (χ3v) is 3.83. The van der Waals surface area contributed by atoms with E-state index >= 15 is 0 Å². The molecular formula is C12H19N5O. The fourth-order valence-electron chi connectivity index (χ4n) is 2.96. The fraction of sp³-hybridized carbons (Fsp3) is 0.667. The van der Waals surface area contributed by atoms with Crippen molar-refractivity contribution in [3.05, 3.63) is 12.4 Å². The smallest absolute Gasteiger partial charge is 0.145 e. The number of fused-ring (bicyclic) bond motifs is 1. The second-order valence-electron chi connectivity index (χ2n) is 4.86. The van der Waals surface area contributed by atoms with Gasteiger partial charge in [0.2, 0.25) is 0 Å². The molecule has 1 saturated heterocycles. The first-order valence-electron chi connectivity index (χ1n) is 6.55. The van der Waals surface area contributed by atoms with Crippen LogP contribution >= 0.6 is 0 Å². The van der Waals surface area contributed by atoms with Crippen LogP contribution in [0.1, 0.15) is 25.7 Å². The first kappa shape index (κ1) is 11.7. The number of hydrogen-bond donors (Lipinski definition) is 2.